The molecule has 4 aromatic rings. The average molecular weight is 590 g/mol. The van der Waals surface area contributed by atoms with Gasteiger partial charge in [0.2, 0.25) is 11.8 Å². The Hall–Kier alpha value is -4.31. The number of Topliss-reactive ketones (excluding diaryl/α,β-unsaturated/α-hetero) is 1. The maximum atomic E-state index is 13.4. The van der Waals surface area contributed by atoms with E-state index in [0.29, 0.717) is 30.0 Å². The molecule has 0 aliphatic carbocycles. The second-order valence-electron chi connectivity index (χ2n) is 10.0. The van der Waals surface area contributed by atoms with E-state index in [0.717, 1.165) is 32.9 Å². The van der Waals surface area contributed by atoms with Crippen molar-refractivity contribution in [3.63, 3.8) is 0 Å². The van der Waals surface area contributed by atoms with Crippen LogP contribution in [0.5, 0.6) is 5.75 Å². The summed E-state index contributed by atoms with van der Waals surface area (Å²) in [7, 11) is 1.60. The number of carbonyl (C=O) groups is 4. The molecule has 3 aromatic carbocycles. The quantitative estimate of drug-likeness (QED) is 0.140. The number of anilines is 1. The lowest BCUT2D eigenvalue weighted by atomic mass is 10.1. The van der Waals surface area contributed by atoms with Gasteiger partial charge >= 0.3 is 5.97 Å². The van der Waals surface area contributed by atoms with E-state index >= 15 is 0 Å². The van der Waals surface area contributed by atoms with E-state index in [9.17, 15) is 19.2 Å². The molecule has 1 aromatic heterocycles. The molecule has 220 valence electrons. The Labute approximate surface area is 248 Å². The summed E-state index contributed by atoms with van der Waals surface area (Å²) in [4.78, 5) is 52.8. The minimum absolute atomic E-state index is 0.0954. The zero-order chi connectivity index (χ0) is 30.1. The van der Waals surface area contributed by atoms with Crippen LogP contribution in [0.2, 0.25) is 0 Å². The number of hydrogen-bond donors (Lipinski definition) is 3. The van der Waals surface area contributed by atoms with Crippen molar-refractivity contribution in [1.29, 1.82) is 0 Å². The first kappa shape index (κ1) is 30.6. The first-order valence-electron chi connectivity index (χ1n) is 13.7. The van der Waals surface area contributed by atoms with E-state index in [2.05, 4.69) is 15.6 Å². The predicted molar refractivity (Wildman–Crippen MR) is 166 cm³/mol. The number of ether oxygens (including phenoxy) is 2. The van der Waals surface area contributed by atoms with E-state index in [1.165, 1.54) is 18.7 Å². The number of hydrogen-bond acceptors (Lipinski definition) is 7. The van der Waals surface area contributed by atoms with Gasteiger partial charge in [-0.15, -0.1) is 0 Å². The number of methoxy groups -OCH3 is 1. The molecule has 4 rings (SSSR count). The molecule has 9 nitrogen and oxygen atoms in total. The van der Waals surface area contributed by atoms with E-state index in [1.807, 2.05) is 67.6 Å². The number of aryl methyl sites for hydroxylation is 1. The zero-order valence-corrected chi connectivity index (χ0v) is 24.8. The summed E-state index contributed by atoms with van der Waals surface area (Å²) >= 11 is 1.40. The first-order valence-corrected chi connectivity index (χ1v) is 14.9. The lowest BCUT2D eigenvalue weighted by Crippen LogP contribution is -2.44. The Bertz CT molecular complexity index is 1600. The largest absolute Gasteiger partial charge is 0.497 e. The highest BCUT2D eigenvalue weighted by Gasteiger charge is 2.22. The minimum Gasteiger partial charge on any atom is -0.497 e. The van der Waals surface area contributed by atoms with Crippen molar-refractivity contribution < 1.29 is 28.7 Å². The second-order valence-corrected chi connectivity index (χ2v) is 11.1. The number of amides is 2. The van der Waals surface area contributed by atoms with Gasteiger partial charge in [0.1, 0.15) is 11.8 Å². The minimum atomic E-state index is -0.777. The molecule has 0 unspecified atom stereocenters. The maximum absolute atomic E-state index is 13.4. The van der Waals surface area contributed by atoms with Crippen LogP contribution in [0, 0.1) is 6.92 Å². The molecule has 1 heterocycles. The van der Waals surface area contributed by atoms with Crippen molar-refractivity contribution in [2.75, 3.05) is 30.5 Å². The summed E-state index contributed by atoms with van der Waals surface area (Å²) in [6.45, 7) is 2.93. The molecule has 1 atom stereocenters. The number of fused-ring (bicyclic) bond motifs is 2. The van der Waals surface area contributed by atoms with Crippen LogP contribution in [0.15, 0.2) is 60.7 Å². The van der Waals surface area contributed by atoms with Crippen molar-refractivity contribution >= 4 is 62.7 Å². The Morgan fingerprint density at radius 1 is 1.00 bits per heavy atom. The van der Waals surface area contributed by atoms with Crippen LogP contribution in [0.3, 0.4) is 0 Å². The number of aromatic nitrogens is 1. The number of nitrogens with one attached hydrogen (secondary N) is 3. The molecule has 0 saturated carbocycles. The van der Waals surface area contributed by atoms with E-state index in [4.69, 9.17) is 9.47 Å². The lowest BCUT2D eigenvalue weighted by Gasteiger charge is -2.19. The van der Waals surface area contributed by atoms with Gasteiger partial charge in [-0.05, 0) is 72.2 Å². The van der Waals surface area contributed by atoms with Gasteiger partial charge in [0, 0.05) is 29.2 Å². The average Bonchev–Trinajstić information content (AvgIpc) is 3.28. The molecule has 0 aliphatic heterocycles. The number of thioether (sulfide) groups is 1. The molecule has 0 aliphatic rings. The molecular weight excluding hydrogens is 554 g/mol. The van der Waals surface area contributed by atoms with Gasteiger partial charge < -0.3 is 25.1 Å². The van der Waals surface area contributed by atoms with Crippen LogP contribution in [0.25, 0.3) is 21.7 Å². The van der Waals surface area contributed by atoms with Gasteiger partial charge in [0.05, 0.1) is 19.3 Å². The zero-order valence-electron chi connectivity index (χ0n) is 24.0. The van der Waals surface area contributed by atoms with Crippen LogP contribution in [-0.2, 0) is 30.3 Å². The van der Waals surface area contributed by atoms with Crippen LogP contribution >= 0.6 is 11.8 Å². The number of benzene rings is 3. The first-order chi connectivity index (χ1) is 20.2. The van der Waals surface area contributed by atoms with Crippen LogP contribution < -0.4 is 15.4 Å². The Morgan fingerprint density at radius 2 is 1.79 bits per heavy atom. The maximum Gasteiger partial charge on any atom is 0.303 e. The standard InChI is InChI=1S/C32H35N3O6S/c1-20-27(28-16-26(40-3)12-13-29(28)33-20)17-31(38)35-30(9-6-14-42-19-25(37)18-41-21(2)36)32(39)34-24-11-10-22-7-4-5-8-23(22)15-24/h4-5,7-8,10-13,15-16,30,33H,6,9,14,17-19H2,1-3H3,(H,34,39)(H,35,38)/t30-/m0/s1. The molecule has 0 saturated heterocycles. The van der Waals surface area contributed by atoms with Gasteiger partial charge in [-0.3, -0.25) is 19.2 Å². The number of ketones is 1. The highest BCUT2D eigenvalue weighted by atomic mass is 32.2. The molecule has 10 heteroatoms. The summed E-state index contributed by atoms with van der Waals surface area (Å²) < 4.78 is 10.1. The van der Waals surface area contributed by atoms with E-state index in [1.54, 1.807) is 7.11 Å². The van der Waals surface area contributed by atoms with Crippen LogP contribution in [-0.4, -0.2) is 59.8 Å². The van der Waals surface area contributed by atoms with Crippen molar-refractivity contribution in [3.8, 4) is 5.75 Å². The van der Waals surface area contributed by atoms with Crippen LogP contribution in [0.4, 0.5) is 5.69 Å². The Balaban J connectivity index is 1.42. The van der Waals surface area contributed by atoms with Gasteiger partial charge in [0.15, 0.2) is 12.4 Å². The summed E-state index contributed by atoms with van der Waals surface area (Å²) in [5, 5.41) is 8.85. The lowest BCUT2D eigenvalue weighted by molar-refractivity contribution is -0.145. The number of esters is 1. The monoisotopic (exact) mass is 589 g/mol. The third-order valence-corrected chi connectivity index (χ3v) is 7.92. The third-order valence-electron chi connectivity index (χ3n) is 6.81. The summed E-state index contributed by atoms with van der Waals surface area (Å²) in [5.41, 5.74) is 3.27. The fourth-order valence-electron chi connectivity index (χ4n) is 4.69. The van der Waals surface area contributed by atoms with E-state index in [-0.39, 0.29) is 36.4 Å². The van der Waals surface area contributed by atoms with Gasteiger partial charge in [0.25, 0.3) is 0 Å². The topological polar surface area (TPSA) is 127 Å². The van der Waals surface area contributed by atoms with Crippen molar-refractivity contribution in [1.82, 2.24) is 10.3 Å². The summed E-state index contributed by atoms with van der Waals surface area (Å²) in [5.74, 6) is 0.238. The SMILES string of the molecule is COc1ccc2[nH]c(C)c(CC(=O)N[C@@H](CCCSCC(=O)COC(C)=O)C(=O)Nc3ccc4ccccc4c3)c2c1. The fourth-order valence-corrected chi connectivity index (χ4v) is 5.51. The van der Waals surface area contributed by atoms with Gasteiger partial charge in [-0.2, -0.15) is 11.8 Å². The molecule has 42 heavy (non-hydrogen) atoms. The molecule has 0 fully saturated rings. The molecule has 2 amide bonds. The highest BCUT2D eigenvalue weighted by Crippen LogP contribution is 2.27. The van der Waals surface area contributed by atoms with Crippen molar-refractivity contribution in [2.24, 2.45) is 0 Å². The molecule has 0 bridgehead atoms. The molecule has 0 radical (unpaired) electrons. The third kappa shape index (κ3) is 8.36. The predicted octanol–water partition coefficient (Wildman–Crippen LogP) is 4.95. The molecular formula is C32H35N3O6S. The van der Waals surface area contributed by atoms with Crippen LogP contribution in [0.1, 0.15) is 31.0 Å². The number of H-pyrrole nitrogens is 1. The Kier molecular flexibility index (Phi) is 10.6. The molecule has 3 N–H and O–H groups in total. The number of carbonyl (C=O) groups excluding carboxylic acids is 4. The summed E-state index contributed by atoms with van der Waals surface area (Å²) in [6.07, 6.45) is 1.07. The second kappa shape index (κ2) is 14.5. The van der Waals surface area contributed by atoms with Gasteiger partial charge in [-0.25, -0.2) is 0 Å². The van der Waals surface area contributed by atoms with E-state index < -0.39 is 12.0 Å². The molecule has 0 spiro atoms. The normalized spacial score (nSPS) is 11.7. The number of aromatic amines is 1. The van der Waals surface area contributed by atoms with Crippen molar-refractivity contribution in [3.05, 3.63) is 71.9 Å². The van der Waals surface area contributed by atoms with Gasteiger partial charge in [-0.1, -0.05) is 30.3 Å². The van der Waals surface area contributed by atoms with Crippen molar-refractivity contribution in [2.45, 2.75) is 39.2 Å². The Morgan fingerprint density at radius 3 is 2.55 bits per heavy atom. The highest BCUT2D eigenvalue weighted by molar-refractivity contribution is 7.99. The number of rotatable bonds is 14. The smallest absolute Gasteiger partial charge is 0.303 e. The summed E-state index contributed by atoms with van der Waals surface area (Å²) in [6, 6.07) is 18.4. The fraction of sp³-hybridized carbons (Fsp3) is 0.312.